The topological polar surface area (TPSA) is 127 Å². The molecule has 1 aromatic heterocycles. The Balaban J connectivity index is 1.53. The molecule has 11 heteroatoms. The quantitative estimate of drug-likeness (QED) is 0.192. The van der Waals surface area contributed by atoms with Gasteiger partial charge < -0.3 is 10.6 Å². The predicted molar refractivity (Wildman–Crippen MR) is 125 cm³/mol. The number of nitrogens with one attached hydrogen (secondary N) is 2. The van der Waals surface area contributed by atoms with Gasteiger partial charge in [0, 0.05) is 24.2 Å². The van der Waals surface area contributed by atoms with Crippen LogP contribution < -0.4 is 10.6 Å². The molecule has 166 valence electrons. The van der Waals surface area contributed by atoms with Gasteiger partial charge in [0.15, 0.2) is 4.34 Å². The molecule has 2 N–H and O–H groups in total. The van der Waals surface area contributed by atoms with E-state index in [0.717, 1.165) is 5.56 Å². The number of hydrogen-bond acceptors (Lipinski definition) is 8. The third-order valence-electron chi connectivity index (χ3n) is 4.37. The van der Waals surface area contributed by atoms with Crippen LogP contribution in [0.1, 0.15) is 25.3 Å². The Bertz CT molecular complexity index is 1090. The second-order valence-corrected chi connectivity index (χ2v) is 9.15. The lowest BCUT2D eigenvalue weighted by molar-refractivity contribution is -0.384. The van der Waals surface area contributed by atoms with E-state index < -0.39 is 10.2 Å². The number of aryl methyl sites for hydroxylation is 1. The average molecular weight is 472 g/mol. The maximum absolute atomic E-state index is 12.6. The summed E-state index contributed by atoms with van der Waals surface area (Å²) in [5.41, 5.74) is 1.34. The lowest BCUT2D eigenvalue weighted by Gasteiger charge is -2.12. The van der Waals surface area contributed by atoms with Gasteiger partial charge >= 0.3 is 0 Å². The van der Waals surface area contributed by atoms with E-state index in [4.69, 9.17) is 0 Å². The molecular formula is C21H21N5O4S2. The molecule has 1 heterocycles. The van der Waals surface area contributed by atoms with Crippen molar-refractivity contribution in [1.29, 1.82) is 0 Å². The van der Waals surface area contributed by atoms with E-state index in [1.165, 1.54) is 41.3 Å². The first-order valence-corrected chi connectivity index (χ1v) is 11.5. The van der Waals surface area contributed by atoms with Gasteiger partial charge in [-0.1, -0.05) is 66.4 Å². The number of anilines is 2. The van der Waals surface area contributed by atoms with Crippen molar-refractivity contribution in [2.75, 3.05) is 10.6 Å². The van der Waals surface area contributed by atoms with E-state index >= 15 is 0 Å². The SMILES string of the molecule is CCC(Sc1nnc(NC(=O)CCc2ccccc2)s1)C(=O)Nc1cccc([N+](=O)[O-])c1. The molecule has 3 aromatic rings. The van der Waals surface area contributed by atoms with Crippen LogP contribution in [0.15, 0.2) is 58.9 Å². The summed E-state index contributed by atoms with van der Waals surface area (Å²) >= 11 is 2.43. The van der Waals surface area contributed by atoms with Crippen molar-refractivity contribution in [1.82, 2.24) is 10.2 Å². The number of amides is 2. The number of nitro benzene ring substituents is 1. The van der Waals surface area contributed by atoms with Crippen LogP contribution >= 0.6 is 23.1 Å². The summed E-state index contributed by atoms with van der Waals surface area (Å²) in [4.78, 5) is 35.2. The van der Waals surface area contributed by atoms with E-state index in [1.54, 1.807) is 6.07 Å². The number of non-ortho nitro benzene ring substituents is 1. The molecule has 1 unspecified atom stereocenters. The highest BCUT2D eigenvalue weighted by atomic mass is 32.2. The fourth-order valence-electron chi connectivity index (χ4n) is 2.76. The molecule has 0 aliphatic rings. The van der Waals surface area contributed by atoms with Crippen molar-refractivity contribution >= 4 is 51.4 Å². The second kappa shape index (κ2) is 11.3. The van der Waals surface area contributed by atoms with Gasteiger partial charge in [-0.05, 0) is 24.5 Å². The predicted octanol–water partition coefficient (Wildman–Crippen LogP) is 4.53. The Morgan fingerprint density at radius 1 is 1.12 bits per heavy atom. The van der Waals surface area contributed by atoms with E-state index in [-0.39, 0.29) is 17.5 Å². The zero-order valence-corrected chi connectivity index (χ0v) is 18.8. The highest BCUT2D eigenvalue weighted by Crippen LogP contribution is 2.31. The molecule has 9 nitrogen and oxygen atoms in total. The summed E-state index contributed by atoms with van der Waals surface area (Å²) in [6, 6.07) is 15.5. The van der Waals surface area contributed by atoms with Crippen LogP contribution in [0, 0.1) is 10.1 Å². The number of benzene rings is 2. The van der Waals surface area contributed by atoms with Crippen LogP contribution in [-0.2, 0) is 16.0 Å². The number of thioether (sulfide) groups is 1. The zero-order valence-electron chi connectivity index (χ0n) is 17.2. The van der Waals surface area contributed by atoms with Gasteiger partial charge in [0.1, 0.15) is 0 Å². The number of nitro groups is 1. The maximum Gasteiger partial charge on any atom is 0.271 e. The number of nitrogens with zero attached hydrogens (tertiary/aromatic N) is 3. The van der Waals surface area contributed by atoms with Gasteiger partial charge in [-0.3, -0.25) is 19.7 Å². The monoisotopic (exact) mass is 471 g/mol. The fourth-order valence-corrected chi connectivity index (χ4v) is 4.69. The Labute approximate surface area is 192 Å². The van der Waals surface area contributed by atoms with E-state index in [9.17, 15) is 19.7 Å². The molecular weight excluding hydrogens is 450 g/mol. The molecule has 0 spiro atoms. The summed E-state index contributed by atoms with van der Waals surface area (Å²) in [6.45, 7) is 1.86. The molecule has 0 fully saturated rings. The molecule has 32 heavy (non-hydrogen) atoms. The number of hydrogen-bond donors (Lipinski definition) is 2. The molecule has 2 aromatic carbocycles. The van der Waals surface area contributed by atoms with Crippen molar-refractivity contribution in [3.05, 3.63) is 70.3 Å². The third kappa shape index (κ3) is 6.86. The Morgan fingerprint density at radius 3 is 2.62 bits per heavy atom. The average Bonchev–Trinajstić information content (AvgIpc) is 3.23. The van der Waals surface area contributed by atoms with Crippen LogP contribution in [-0.4, -0.2) is 32.2 Å². The normalized spacial score (nSPS) is 11.5. The molecule has 0 radical (unpaired) electrons. The van der Waals surface area contributed by atoms with Gasteiger partial charge in [-0.15, -0.1) is 10.2 Å². The minimum Gasteiger partial charge on any atom is -0.325 e. The molecule has 1 atom stereocenters. The Hall–Kier alpha value is -3.31. The largest absolute Gasteiger partial charge is 0.325 e. The lowest BCUT2D eigenvalue weighted by atomic mass is 10.1. The highest BCUT2D eigenvalue weighted by molar-refractivity contribution is 8.02. The summed E-state index contributed by atoms with van der Waals surface area (Å²) in [7, 11) is 0. The number of carbonyl (C=O) groups is 2. The summed E-state index contributed by atoms with van der Waals surface area (Å²) < 4.78 is 0.546. The van der Waals surface area contributed by atoms with Crippen molar-refractivity contribution in [3.8, 4) is 0 Å². The molecule has 0 aliphatic heterocycles. The maximum atomic E-state index is 12.6. The lowest BCUT2D eigenvalue weighted by Crippen LogP contribution is -2.24. The standard InChI is InChI=1S/C21H21N5O4S2/c1-2-17(19(28)22-15-9-6-10-16(13-15)26(29)30)31-21-25-24-20(32-21)23-18(27)12-11-14-7-4-3-5-8-14/h3-10,13,17H,2,11-12H2,1H3,(H,22,28)(H,23,24,27). The van der Waals surface area contributed by atoms with Crippen LogP contribution in [0.4, 0.5) is 16.5 Å². The van der Waals surface area contributed by atoms with Crippen molar-refractivity contribution < 1.29 is 14.5 Å². The second-order valence-electron chi connectivity index (χ2n) is 6.72. The van der Waals surface area contributed by atoms with E-state index in [2.05, 4.69) is 20.8 Å². The number of rotatable bonds is 10. The van der Waals surface area contributed by atoms with Crippen LogP contribution in [0.3, 0.4) is 0 Å². The third-order valence-corrected chi connectivity index (χ3v) is 6.65. The minimum atomic E-state index is -0.515. The first-order chi connectivity index (χ1) is 15.4. The first kappa shape index (κ1) is 23.4. The van der Waals surface area contributed by atoms with Gasteiger partial charge in [0.05, 0.1) is 10.2 Å². The smallest absolute Gasteiger partial charge is 0.271 e. The minimum absolute atomic E-state index is 0.0970. The van der Waals surface area contributed by atoms with Crippen molar-refractivity contribution in [2.45, 2.75) is 35.8 Å². The number of carbonyl (C=O) groups excluding carboxylic acids is 2. The van der Waals surface area contributed by atoms with Crippen molar-refractivity contribution in [3.63, 3.8) is 0 Å². The Kier molecular flexibility index (Phi) is 8.28. The van der Waals surface area contributed by atoms with E-state index in [1.807, 2.05) is 37.3 Å². The van der Waals surface area contributed by atoms with Gasteiger partial charge in [0.25, 0.3) is 5.69 Å². The molecule has 0 saturated heterocycles. The molecule has 0 bridgehead atoms. The summed E-state index contributed by atoms with van der Waals surface area (Å²) in [5.74, 6) is -0.446. The van der Waals surface area contributed by atoms with Crippen molar-refractivity contribution in [2.24, 2.45) is 0 Å². The highest BCUT2D eigenvalue weighted by Gasteiger charge is 2.21. The van der Waals surface area contributed by atoms with Gasteiger partial charge in [-0.25, -0.2) is 0 Å². The Morgan fingerprint density at radius 2 is 1.91 bits per heavy atom. The first-order valence-electron chi connectivity index (χ1n) is 9.84. The van der Waals surface area contributed by atoms with Gasteiger partial charge in [-0.2, -0.15) is 0 Å². The van der Waals surface area contributed by atoms with E-state index in [0.29, 0.717) is 34.4 Å². The van der Waals surface area contributed by atoms with Crippen LogP contribution in [0.2, 0.25) is 0 Å². The van der Waals surface area contributed by atoms with Crippen LogP contribution in [0.5, 0.6) is 0 Å². The molecule has 2 amide bonds. The van der Waals surface area contributed by atoms with Gasteiger partial charge in [0.2, 0.25) is 16.9 Å². The molecule has 0 aliphatic carbocycles. The zero-order chi connectivity index (χ0) is 22.9. The summed E-state index contributed by atoms with van der Waals surface area (Å²) in [6.07, 6.45) is 1.47. The van der Waals surface area contributed by atoms with Crippen LogP contribution in [0.25, 0.3) is 0 Å². The molecule has 0 saturated carbocycles. The summed E-state index contributed by atoms with van der Waals surface area (Å²) in [5, 5.41) is 24.3. The molecule has 3 rings (SSSR count). The number of aromatic nitrogens is 2. The fraction of sp³-hybridized carbons (Fsp3) is 0.238.